The van der Waals surface area contributed by atoms with Crippen molar-refractivity contribution in [1.29, 1.82) is 5.26 Å². The largest absolute Gasteiger partial charge is 0.465 e. The van der Waals surface area contributed by atoms with E-state index in [0.29, 0.717) is 56.2 Å². The lowest BCUT2D eigenvalue weighted by atomic mass is 10.2. The molecule has 0 atom stereocenters. The van der Waals surface area contributed by atoms with Crippen LogP contribution < -0.4 is 22.1 Å². The minimum Gasteiger partial charge on any atom is -0.465 e. The van der Waals surface area contributed by atoms with E-state index in [4.69, 9.17) is 16.7 Å². The van der Waals surface area contributed by atoms with Gasteiger partial charge in [-0.3, -0.25) is 9.13 Å². The monoisotopic (exact) mass is 787 g/mol. The molecule has 0 spiro atoms. The van der Waals surface area contributed by atoms with E-state index in [1.165, 1.54) is 64.8 Å². The first-order valence-electron chi connectivity index (χ1n) is 17.0. The Morgan fingerprint density at radius 1 is 0.655 bits per heavy atom. The van der Waals surface area contributed by atoms with Crippen molar-refractivity contribution < 1.29 is 27.1 Å². The highest BCUT2D eigenvalue weighted by atomic mass is 19.1. The summed E-state index contributed by atoms with van der Waals surface area (Å²) in [7, 11) is 1.28. The molecule has 290 valence electrons. The highest BCUT2D eigenvalue weighted by Gasteiger charge is 2.20. The Kier molecular flexibility index (Phi) is 10.2. The van der Waals surface area contributed by atoms with Crippen molar-refractivity contribution in [2.24, 2.45) is 0 Å². The molecule has 15 nitrogen and oxygen atoms in total. The van der Waals surface area contributed by atoms with Crippen LogP contribution in [0.15, 0.2) is 84.9 Å². The second-order valence-corrected chi connectivity index (χ2v) is 12.4. The molecule has 58 heavy (non-hydrogen) atoms. The molecule has 0 radical (unpaired) electrons. The van der Waals surface area contributed by atoms with Gasteiger partial charge in [-0.2, -0.15) is 34.0 Å². The number of hydrogen-bond acceptors (Lipinski definition) is 13. The number of ether oxygens (including phenoxy) is 1. The zero-order valence-corrected chi connectivity index (χ0v) is 30.6. The second kappa shape index (κ2) is 15.5. The number of nitrogen functional groups attached to an aromatic ring is 2. The van der Waals surface area contributed by atoms with Crippen LogP contribution in [0.3, 0.4) is 0 Å². The molecule has 0 aliphatic heterocycles. The molecule has 6 N–H and O–H groups in total. The van der Waals surface area contributed by atoms with Crippen LogP contribution in [0.2, 0.25) is 0 Å². The molecule has 0 saturated carbocycles. The zero-order chi connectivity index (χ0) is 41.2. The molecule has 0 saturated heterocycles. The summed E-state index contributed by atoms with van der Waals surface area (Å²) < 4.78 is 64.2. The average Bonchev–Trinajstić information content (AvgIpc) is 3.72. The highest BCUT2D eigenvalue weighted by molar-refractivity contribution is 5.89. The maximum absolute atomic E-state index is 14.6. The summed E-state index contributed by atoms with van der Waals surface area (Å²) in [5, 5.41) is 14.5. The van der Waals surface area contributed by atoms with Gasteiger partial charge in [0.15, 0.2) is 23.3 Å². The van der Waals surface area contributed by atoms with Crippen LogP contribution >= 0.6 is 0 Å². The Morgan fingerprint density at radius 3 is 1.50 bits per heavy atom. The fourth-order valence-electron chi connectivity index (χ4n) is 5.82. The summed E-state index contributed by atoms with van der Waals surface area (Å²) in [5.41, 5.74) is 15.2. The Morgan fingerprint density at radius 2 is 1.09 bits per heavy atom. The van der Waals surface area contributed by atoms with Crippen molar-refractivity contribution in [2.75, 3.05) is 29.2 Å². The third kappa shape index (κ3) is 7.57. The highest BCUT2D eigenvalue weighted by Crippen LogP contribution is 2.28. The number of methoxy groups -OCH3 is 1. The number of esters is 1. The lowest BCUT2D eigenvalue weighted by molar-refractivity contribution is 0.0600. The Labute approximate surface area is 325 Å². The normalized spacial score (nSPS) is 10.9. The number of hydrogen-bond donors (Lipinski definition) is 4. The number of aryl methyl sites for hydroxylation is 2. The van der Waals surface area contributed by atoms with Gasteiger partial charge in [-0.15, -0.1) is 0 Å². The van der Waals surface area contributed by atoms with Crippen LogP contribution in [-0.4, -0.2) is 52.1 Å². The van der Waals surface area contributed by atoms with Gasteiger partial charge < -0.3 is 26.8 Å². The molecule has 19 heteroatoms. The quantitative estimate of drug-likeness (QED) is 0.0937. The Hall–Kier alpha value is -8.14. The maximum Gasteiger partial charge on any atom is 0.337 e. The van der Waals surface area contributed by atoms with E-state index in [-0.39, 0.29) is 35.2 Å². The summed E-state index contributed by atoms with van der Waals surface area (Å²) >= 11 is 0. The molecule has 8 aromatic rings. The van der Waals surface area contributed by atoms with E-state index < -0.39 is 29.2 Å². The number of nitrogens with zero attached hydrogens (tertiary/aromatic N) is 9. The second-order valence-electron chi connectivity index (χ2n) is 12.4. The number of rotatable bonds is 7. The predicted octanol–water partition coefficient (Wildman–Crippen LogP) is 7.11. The number of carbonyl (C=O) groups is 1. The summed E-state index contributed by atoms with van der Waals surface area (Å²) in [5.74, 6) is -3.06. The molecule has 8 rings (SSSR count). The summed E-state index contributed by atoms with van der Waals surface area (Å²) in [6, 6.07) is 22.8. The van der Waals surface area contributed by atoms with Crippen LogP contribution in [0.25, 0.3) is 34.0 Å². The van der Waals surface area contributed by atoms with E-state index in [1.807, 2.05) is 6.07 Å². The van der Waals surface area contributed by atoms with Crippen molar-refractivity contribution in [3.05, 3.63) is 131 Å². The van der Waals surface area contributed by atoms with Crippen LogP contribution in [0.4, 0.5) is 52.2 Å². The third-order valence-corrected chi connectivity index (χ3v) is 8.54. The van der Waals surface area contributed by atoms with E-state index in [0.717, 1.165) is 0 Å². The molecule has 0 amide bonds. The average molecular weight is 788 g/mol. The van der Waals surface area contributed by atoms with Crippen molar-refractivity contribution in [1.82, 2.24) is 39.0 Å². The molecule has 0 bridgehead atoms. The molecular weight excluding hydrogens is 759 g/mol. The molecule has 0 aliphatic rings. The number of nitrogens with two attached hydrogens (primary N) is 2. The van der Waals surface area contributed by atoms with Gasteiger partial charge in [-0.05, 0) is 86.6 Å². The number of fused-ring (bicyclic) bond motifs is 2. The van der Waals surface area contributed by atoms with Gasteiger partial charge >= 0.3 is 5.97 Å². The predicted molar refractivity (Wildman–Crippen MR) is 207 cm³/mol. The molecular formula is C39H29F4N13O2. The molecule has 0 fully saturated rings. The minimum atomic E-state index is -0.843. The Balaban J connectivity index is 0.000000177. The molecule has 4 heterocycles. The minimum absolute atomic E-state index is 0.0354. The topological polar surface area (TPSA) is 213 Å². The van der Waals surface area contributed by atoms with E-state index in [2.05, 4.69) is 45.3 Å². The van der Waals surface area contributed by atoms with E-state index in [1.54, 1.807) is 50.2 Å². The number of nitriles is 1. The molecule has 0 aliphatic carbocycles. The van der Waals surface area contributed by atoms with Crippen molar-refractivity contribution in [3.63, 3.8) is 0 Å². The first kappa shape index (κ1) is 38.1. The van der Waals surface area contributed by atoms with Gasteiger partial charge in [0, 0.05) is 23.5 Å². The number of imidazole rings is 2. The number of aromatic nitrogens is 8. The maximum atomic E-state index is 14.6. The van der Waals surface area contributed by atoms with Crippen LogP contribution in [-0.2, 0) is 4.74 Å². The first-order chi connectivity index (χ1) is 27.8. The zero-order valence-electron chi connectivity index (χ0n) is 30.6. The van der Waals surface area contributed by atoms with Crippen molar-refractivity contribution >= 4 is 62.7 Å². The van der Waals surface area contributed by atoms with Gasteiger partial charge in [0.25, 0.3) is 0 Å². The number of carbonyl (C=O) groups excluding carboxylic acids is 1. The summed E-state index contributed by atoms with van der Waals surface area (Å²) in [6.07, 6.45) is 0. The van der Waals surface area contributed by atoms with Gasteiger partial charge in [-0.25, -0.2) is 23.5 Å². The summed E-state index contributed by atoms with van der Waals surface area (Å²) in [4.78, 5) is 36.7. The number of benzene rings is 4. The fourth-order valence-corrected chi connectivity index (χ4v) is 5.82. The fraction of sp³-hybridized carbons (Fsp3) is 0.0769. The molecule has 0 unspecified atom stereocenters. The smallest absolute Gasteiger partial charge is 0.337 e. The lowest BCUT2D eigenvalue weighted by Crippen LogP contribution is -2.11. The van der Waals surface area contributed by atoms with Crippen LogP contribution in [0.5, 0.6) is 0 Å². The number of nitrogens with one attached hydrogen (secondary N) is 2. The van der Waals surface area contributed by atoms with E-state index in [9.17, 15) is 22.4 Å². The lowest BCUT2D eigenvalue weighted by Gasteiger charge is -2.12. The van der Waals surface area contributed by atoms with Gasteiger partial charge in [-0.1, -0.05) is 0 Å². The van der Waals surface area contributed by atoms with Gasteiger partial charge in [0.2, 0.25) is 23.5 Å². The number of halogens is 4. The SMILES string of the molecule is COC(=O)c1ccc(Nc2nc(-n3c(C)nc4ccc(F)cc43)nc(N)c2F)cc1.Cc1nc2ccc(F)cc2n1-c1nc(N)c(F)c(Nc2ccc(C#N)cc2)n1. The number of anilines is 6. The van der Waals surface area contributed by atoms with Crippen LogP contribution in [0.1, 0.15) is 27.6 Å². The van der Waals surface area contributed by atoms with Gasteiger partial charge in [0.1, 0.15) is 23.3 Å². The Bertz CT molecular complexity index is 2910. The molecule has 4 aromatic heterocycles. The third-order valence-electron chi connectivity index (χ3n) is 8.54. The first-order valence-corrected chi connectivity index (χ1v) is 17.0. The summed E-state index contributed by atoms with van der Waals surface area (Å²) in [6.45, 7) is 3.40. The van der Waals surface area contributed by atoms with E-state index >= 15 is 0 Å². The van der Waals surface area contributed by atoms with Crippen LogP contribution in [0, 0.1) is 48.4 Å². The van der Waals surface area contributed by atoms with Crippen molar-refractivity contribution in [3.8, 4) is 18.0 Å². The standard InChI is InChI=1S/C20H16F2N6O2.C19H13F2N7/c1-10-24-14-8-5-12(21)9-15(14)28(10)20-26-17(23)16(22)18(27-20)25-13-6-3-11(4-7-13)19(29)30-2;1-10-24-14-7-4-12(20)8-15(14)28(10)19-26-17(23)16(21)18(27-19)25-13-5-2-11(9-22)3-6-13/h3-9H,1-2H3,(H3,23,25,26,27);2-8H,1H3,(H3,23,25,26,27). The van der Waals surface area contributed by atoms with Gasteiger partial charge in [0.05, 0.1) is 46.4 Å². The molecule has 4 aromatic carbocycles. The van der Waals surface area contributed by atoms with Crippen molar-refractivity contribution in [2.45, 2.75) is 13.8 Å².